The lowest BCUT2D eigenvalue weighted by Gasteiger charge is -2.37. The molecule has 0 unspecified atom stereocenters. The van der Waals surface area contributed by atoms with Crippen LogP contribution in [-0.2, 0) is 9.03 Å². The number of likely N-dealkylation sites (tertiary alicyclic amines) is 1. The molecule has 0 saturated carbocycles. The number of hydrogen-bond acceptors (Lipinski definition) is 3. The van der Waals surface area contributed by atoms with Crippen molar-refractivity contribution in [1.29, 1.82) is 0 Å². The summed E-state index contributed by atoms with van der Waals surface area (Å²) in [4.78, 5) is 12.9. The standard InChI is InChI=1S/C8H14ClNO3/c1-8(2,3)12-7(11)10-4-6(5-10)13-9/h6H,4-5H2,1-3H3. The van der Waals surface area contributed by atoms with E-state index < -0.39 is 5.60 Å². The average molecular weight is 208 g/mol. The molecule has 0 aromatic rings. The van der Waals surface area contributed by atoms with E-state index in [4.69, 9.17) is 16.6 Å². The van der Waals surface area contributed by atoms with Crippen molar-refractivity contribution < 1.29 is 13.8 Å². The predicted molar refractivity (Wildman–Crippen MR) is 48.5 cm³/mol. The van der Waals surface area contributed by atoms with Gasteiger partial charge in [0.15, 0.2) is 0 Å². The third kappa shape index (κ3) is 3.04. The zero-order chi connectivity index (χ0) is 10.1. The normalized spacial score (nSPS) is 18.3. The Labute approximate surface area is 82.9 Å². The minimum atomic E-state index is -0.440. The molecule has 1 rings (SSSR count). The van der Waals surface area contributed by atoms with E-state index in [2.05, 4.69) is 4.29 Å². The minimum Gasteiger partial charge on any atom is -0.444 e. The number of ether oxygens (including phenoxy) is 1. The molecule has 1 heterocycles. The van der Waals surface area contributed by atoms with E-state index in [1.165, 1.54) is 0 Å². The van der Waals surface area contributed by atoms with Crippen molar-refractivity contribution in [2.45, 2.75) is 32.5 Å². The van der Waals surface area contributed by atoms with E-state index in [1.807, 2.05) is 20.8 Å². The smallest absolute Gasteiger partial charge is 0.410 e. The Hall–Kier alpha value is -0.480. The fourth-order valence-corrected chi connectivity index (χ4v) is 1.08. The number of hydrogen-bond donors (Lipinski definition) is 0. The summed E-state index contributed by atoms with van der Waals surface area (Å²) in [6.07, 6.45) is -0.355. The van der Waals surface area contributed by atoms with Crippen LogP contribution in [0.1, 0.15) is 20.8 Å². The van der Waals surface area contributed by atoms with Gasteiger partial charge in [0, 0.05) is 0 Å². The van der Waals surface area contributed by atoms with Crippen molar-refractivity contribution in [1.82, 2.24) is 4.90 Å². The third-order valence-corrected chi connectivity index (χ3v) is 1.88. The molecule has 0 atom stereocenters. The highest BCUT2D eigenvalue weighted by molar-refractivity contribution is 6.07. The van der Waals surface area contributed by atoms with Gasteiger partial charge in [-0.1, -0.05) is 0 Å². The molecule has 76 valence electrons. The highest BCUT2D eigenvalue weighted by Crippen LogP contribution is 2.17. The molecule has 0 aliphatic carbocycles. The fourth-order valence-electron chi connectivity index (χ4n) is 0.970. The zero-order valence-electron chi connectivity index (χ0n) is 8.04. The Kier molecular flexibility index (Phi) is 3.03. The van der Waals surface area contributed by atoms with Crippen LogP contribution in [-0.4, -0.2) is 35.8 Å². The van der Waals surface area contributed by atoms with Crippen molar-refractivity contribution in [3.8, 4) is 0 Å². The summed E-state index contributed by atoms with van der Waals surface area (Å²) in [5.74, 6) is 0. The summed E-state index contributed by atoms with van der Waals surface area (Å²) in [6.45, 7) is 6.53. The molecule has 0 bridgehead atoms. The number of amides is 1. The fraction of sp³-hybridized carbons (Fsp3) is 0.875. The molecular weight excluding hydrogens is 194 g/mol. The van der Waals surface area contributed by atoms with Crippen molar-refractivity contribution in [3.05, 3.63) is 0 Å². The van der Waals surface area contributed by atoms with Crippen LogP contribution in [0.2, 0.25) is 0 Å². The van der Waals surface area contributed by atoms with Gasteiger partial charge in [-0.3, -0.25) is 4.29 Å². The van der Waals surface area contributed by atoms with Gasteiger partial charge in [-0.05, 0) is 20.8 Å². The number of carbonyl (C=O) groups is 1. The van der Waals surface area contributed by atoms with Crippen LogP contribution in [0.15, 0.2) is 0 Å². The highest BCUT2D eigenvalue weighted by atomic mass is 35.5. The molecule has 0 aromatic heterocycles. The van der Waals surface area contributed by atoms with Crippen LogP contribution in [0.25, 0.3) is 0 Å². The monoisotopic (exact) mass is 207 g/mol. The van der Waals surface area contributed by atoms with Crippen molar-refractivity contribution in [2.24, 2.45) is 0 Å². The first-order chi connectivity index (χ1) is 5.92. The first-order valence-electron chi connectivity index (χ1n) is 4.17. The maximum Gasteiger partial charge on any atom is 0.410 e. The van der Waals surface area contributed by atoms with Gasteiger partial charge in [0.2, 0.25) is 0 Å². The Morgan fingerprint density at radius 3 is 2.38 bits per heavy atom. The zero-order valence-corrected chi connectivity index (χ0v) is 8.80. The summed E-state index contributed by atoms with van der Waals surface area (Å²) in [6, 6.07) is 0. The van der Waals surface area contributed by atoms with Gasteiger partial charge in [-0.15, -0.1) is 0 Å². The van der Waals surface area contributed by atoms with Crippen molar-refractivity contribution >= 4 is 18.0 Å². The lowest BCUT2D eigenvalue weighted by molar-refractivity contribution is -0.0200. The van der Waals surface area contributed by atoms with Gasteiger partial charge in [0.1, 0.15) is 11.7 Å². The van der Waals surface area contributed by atoms with Crippen LogP contribution < -0.4 is 0 Å². The second kappa shape index (κ2) is 3.72. The number of halogens is 1. The van der Waals surface area contributed by atoms with E-state index in [0.717, 1.165) is 0 Å². The Morgan fingerprint density at radius 1 is 1.46 bits per heavy atom. The van der Waals surface area contributed by atoms with E-state index in [1.54, 1.807) is 4.90 Å². The lowest BCUT2D eigenvalue weighted by atomic mass is 10.2. The molecule has 0 N–H and O–H groups in total. The molecule has 5 heteroatoms. The van der Waals surface area contributed by atoms with Gasteiger partial charge in [-0.2, -0.15) is 0 Å². The molecule has 4 nitrogen and oxygen atoms in total. The molecule has 1 amide bonds. The first kappa shape index (κ1) is 10.6. The second-order valence-electron chi connectivity index (χ2n) is 4.10. The van der Waals surface area contributed by atoms with Crippen LogP contribution in [0.4, 0.5) is 4.79 Å². The maximum atomic E-state index is 11.3. The summed E-state index contributed by atoms with van der Waals surface area (Å²) < 4.78 is 9.64. The molecule has 0 spiro atoms. The Balaban J connectivity index is 2.27. The van der Waals surface area contributed by atoms with E-state index in [9.17, 15) is 4.79 Å². The molecule has 1 fully saturated rings. The topological polar surface area (TPSA) is 38.8 Å². The lowest BCUT2D eigenvalue weighted by Crippen LogP contribution is -2.55. The largest absolute Gasteiger partial charge is 0.444 e. The molecular formula is C8H14ClNO3. The minimum absolute atomic E-state index is 0.0471. The quantitative estimate of drug-likeness (QED) is 0.658. The molecule has 1 saturated heterocycles. The predicted octanol–water partition coefficient (Wildman–Crippen LogP) is 1.78. The third-order valence-electron chi connectivity index (χ3n) is 1.63. The van der Waals surface area contributed by atoms with Gasteiger partial charge >= 0.3 is 6.09 Å². The van der Waals surface area contributed by atoms with Crippen LogP contribution in [0.3, 0.4) is 0 Å². The summed E-state index contributed by atoms with van der Waals surface area (Å²) in [5, 5.41) is 0. The van der Waals surface area contributed by atoms with E-state index >= 15 is 0 Å². The van der Waals surface area contributed by atoms with Gasteiger partial charge in [0.25, 0.3) is 0 Å². The molecule has 0 radical (unpaired) electrons. The summed E-state index contributed by atoms with van der Waals surface area (Å²) in [7, 11) is 0. The number of rotatable bonds is 1. The average Bonchev–Trinajstić information content (AvgIpc) is 1.79. The highest BCUT2D eigenvalue weighted by Gasteiger charge is 2.34. The van der Waals surface area contributed by atoms with Gasteiger partial charge in [0.05, 0.1) is 25.0 Å². The van der Waals surface area contributed by atoms with Crippen LogP contribution in [0, 0.1) is 0 Å². The van der Waals surface area contributed by atoms with Crippen LogP contribution >= 0.6 is 11.9 Å². The van der Waals surface area contributed by atoms with Crippen LogP contribution in [0.5, 0.6) is 0 Å². The SMILES string of the molecule is CC(C)(C)OC(=O)N1CC(OCl)C1. The first-order valence-corrected chi connectivity index (χ1v) is 4.48. The van der Waals surface area contributed by atoms with Crippen molar-refractivity contribution in [2.75, 3.05) is 13.1 Å². The maximum absolute atomic E-state index is 11.3. The van der Waals surface area contributed by atoms with E-state index in [0.29, 0.717) is 13.1 Å². The summed E-state index contributed by atoms with van der Waals surface area (Å²) >= 11 is 5.13. The van der Waals surface area contributed by atoms with Gasteiger partial charge in [-0.25, -0.2) is 4.79 Å². The Bertz CT molecular complexity index is 196. The molecule has 0 aromatic carbocycles. The van der Waals surface area contributed by atoms with Gasteiger partial charge < -0.3 is 9.64 Å². The number of nitrogens with zero attached hydrogens (tertiary/aromatic N) is 1. The number of carbonyl (C=O) groups excluding carboxylic acids is 1. The molecule has 1 aliphatic rings. The molecule has 1 aliphatic heterocycles. The van der Waals surface area contributed by atoms with E-state index in [-0.39, 0.29) is 12.2 Å². The molecule has 13 heavy (non-hydrogen) atoms. The Morgan fingerprint density at radius 2 is 2.00 bits per heavy atom. The van der Waals surface area contributed by atoms with Crippen molar-refractivity contribution in [3.63, 3.8) is 0 Å². The summed E-state index contributed by atoms with van der Waals surface area (Å²) in [5.41, 5.74) is -0.440. The second-order valence-corrected chi connectivity index (χ2v) is 4.27.